The summed E-state index contributed by atoms with van der Waals surface area (Å²) in [5, 5.41) is 3.28. The third-order valence-corrected chi connectivity index (χ3v) is 7.84. The Balaban J connectivity index is 1.25. The lowest BCUT2D eigenvalue weighted by molar-refractivity contribution is 0.102. The van der Waals surface area contributed by atoms with Crippen molar-refractivity contribution >= 4 is 34.7 Å². The average molecular weight is 614 g/mol. The Morgan fingerprint density at radius 3 is 2.50 bits per heavy atom. The van der Waals surface area contributed by atoms with Crippen molar-refractivity contribution < 1.29 is 13.9 Å². The van der Waals surface area contributed by atoms with Crippen molar-refractivity contribution in [2.24, 2.45) is 7.05 Å². The van der Waals surface area contributed by atoms with E-state index in [0.29, 0.717) is 70.9 Å². The Morgan fingerprint density at radius 2 is 1.77 bits per heavy atom. The molecule has 2 aromatic heterocycles. The van der Waals surface area contributed by atoms with Crippen LogP contribution in [0.1, 0.15) is 16.1 Å². The van der Waals surface area contributed by atoms with Crippen molar-refractivity contribution in [2.75, 3.05) is 42.3 Å². The highest BCUT2D eigenvalue weighted by Gasteiger charge is 2.23. The van der Waals surface area contributed by atoms with Crippen LogP contribution in [0.5, 0.6) is 0 Å². The second kappa shape index (κ2) is 11.9. The Morgan fingerprint density at radius 1 is 1.02 bits per heavy atom. The van der Waals surface area contributed by atoms with Crippen LogP contribution in [-0.4, -0.2) is 51.5 Å². The molecule has 224 valence electrons. The normalized spacial score (nSPS) is 13.2. The van der Waals surface area contributed by atoms with Gasteiger partial charge in [-0.15, -0.1) is 0 Å². The van der Waals surface area contributed by atoms with Crippen LogP contribution < -0.4 is 21.5 Å². The van der Waals surface area contributed by atoms with Crippen LogP contribution in [0.3, 0.4) is 0 Å². The molecule has 0 unspecified atom stereocenters. The number of morpholine rings is 1. The molecule has 0 aliphatic carbocycles. The van der Waals surface area contributed by atoms with Crippen molar-refractivity contribution in [1.82, 2.24) is 19.3 Å². The van der Waals surface area contributed by atoms with Gasteiger partial charge in [0.25, 0.3) is 11.5 Å². The number of anilines is 3. The van der Waals surface area contributed by atoms with Gasteiger partial charge in [0.05, 0.1) is 36.5 Å². The van der Waals surface area contributed by atoms with Crippen molar-refractivity contribution in [2.45, 2.75) is 6.92 Å². The fourth-order valence-electron chi connectivity index (χ4n) is 5.25. The second-order valence-electron chi connectivity index (χ2n) is 10.4. The first-order valence-electron chi connectivity index (χ1n) is 13.9. The van der Waals surface area contributed by atoms with Gasteiger partial charge < -0.3 is 20.7 Å². The maximum atomic E-state index is 14.6. The zero-order valence-electron chi connectivity index (χ0n) is 24.1. The number of halogens is 2. The Labute approximate surface area is 257 Å². The quantitative estimate of drug-likeness (QED) is 0.274. The Bertz CT molecular complexity index is 1930. The smallest absolute Gasteiger partial charge is 0.284 e. The number of ether oxygens (including phenoxy) is 1. The van der Waals surface area contributed by atoms with E-state index in [9.17, 15) is 14.0 Å². The molecular weight excluding hydrogens is 585 g/mol. The summed E-state index contributed by atoms with van der Waals surface area (Å²) >= 11 is 6.12. The molecule has 3 N–H and O–H groups in total. The maximum absolute atomic E-state index is 14.6. The first kappa shape index (κ1) is 29.1. The maximum Gasteiger partial charge on any atom is 0.284 e. The molecule has 0 saturated carbocycles. The molecule has 3 heterocycles. The summed E-state index contributed by atoms with van der Waals surface area (Å²) in [7, 11) is 1.70. The predicted octanol–water partition coefficient (Wildman–Crippen LogP) is 5.07. The third kappa shape index (κ3) is 5.67. The molecule has 12 heteroatoms. The van der Waals surface area contributed by atoms with Gasteiger partial charge in [0.2, 0.25) is 0 Å². The van der Waals surface area contributed by atoms with E-state index in [0.717, 1.165) is 5.69 Å². The van der Waals surface area contributed by atoms with Gasteiger partial charge in [0.1, 0.15) is 22.9 Å². The summed E-state index contributed by atoms with van der Waals surface area (Å²) in [6, 6.07) is 18.5. The zero-order chi connectivity index (χ0) is 31.0. The van der Waals surface area contributed by atoms with Gasteiger partial charge in [-0.2, -0.15) is 0 Å². The van der Waals surface area contributed by atoms with Gasteiger partial charge in [-0.1, -0.05) is 29.8 Å². The van der Waals surface area contributed by atoms with Gasteiger partial charge in [0.15, 0.2) is 0 Å². The first-order chi connectivity index (χ1) is 21.2. The fraction of sp³-hybridized carbons (Fsp3) is 0.188. The standard InChI is InChI=1S/C32H29ClFN7O3/c1-19-28(32(43)41(39(19)2)25-5-3-4-22(33)16-25)31(42)37-24-8-6-20(7-9-24)29-30(35)36-18-27(38-29)21-14-23(34)17-26(15-21)40-10-12-44-13-11-40/h3-9,14-18H,10-13H2,1-2H3,(H2,35,36)(H,37,42). The van der Waals surface area contributed by atoms with Crippen LogP contribution in [0.15, 0.2) is 77.7 Å². The number of carbonyl (C=O) groups excluding carboxylic acids is 1. The number of hydrogen-bond acceptors (Lipinski definition) is 7. The number of nitrogens with one attached hydrogen (secondary N) is 1. The number of nitrogen functional groups attached to an aromatic ring is 1. The minimum atomic E-state index is -0.542. The number of amides is 1. The van der Waals surface area contributed by atoms with Gasteiger partial charge in [-0.25, -0.2) is 19.0 Å². The Kier molecular flexibility index (Phi) is 7.90. The average Bonchev–Trinajstić information content (AvgIpc) is 3.25. The van der Waals surface area contributed by atoms with Crippen LogP contribution >= 0.6 is 11.6 Å². The molecule has 1 fully saturated rings. The van der Waals surface area contributed by atoms with Crippen molar-refractivity contribution in [3.05, 3.63) is 105 Å². The van der Waals surface area contributed by atoms with E-state index in [1.165, 1.54) is 23.0 Å². The summed E-state index contributed by atoms with van der Waals surface area (Å²) in [5.41, 5.74) is 10.1. The number of rotatable bonds is 6. The van der Waals surface area contributed by atoms with Crippen LogP contribution in [0, 0.1) is 12.7 Å². The van der Waals surface area contributed by atoms with Crippen LogP contribution in [-0.2, 0) is 11.8 Å². The molecule has 10 nitrogen and oxygen atoms in total. The van der Waals surface area contributed by atoms with E-state index >= 15 is 0 Å². The third-order valence-electron chi connectivity index (χ3n) is 7.60. The van der Waals surface area contributed by atoms with E-state index in [1.54, 1.807) is 67.2 Å². The lowest BCUT2D eigenvalue weighted by Crippen LogP contribution is -2.36. The van der Waals surface area contributed by atoms with Gasteiger partial charge >= 0.3 is 0 Å². The fourth-order valence-corrected chi connectivity index (χ4v) is 5.43. The molecule has 1 aliphatic rings. The highest BCUT2D eigenvalue weighted by atomic mass is 35.5. The molecule has 0 spiro atoms. The molecule has 44 heavy (non-hydrogen) atoms. The molecule has 0 atom stereocenters. The highest BCUT2D eigenvalue weighted by Crippen LogP contribution is 2.30. The lowest BCUT2D eigenvalue weighted by atomic mass is 10.1. The number of nitrogens with zero attached hydrogens (tertiary/aromatic N) is 5. The van der Waals surface area contributed by atoms with Gasteiger partial charge in [-0.05, 0) is 55.5 Å². The number of aromatic nitrogens is 4. The summed E-state index contributed by atoms with van der Waals surface area (Å²) in [6.45, 7) is 4.22. The number of carbonyl (C=O) groups is 1. The highest BCUT2D eigenvalue weighted by molar-refractivity contribution is 6.30. The minimum Gasteiger partial charge on any atom is -0.382 e. The molecular formula is C32H29ClFN7O3. The summed E-state index contributed by atoms with van der Waals surface area (Å²) in [5.74, 6) is -0.714. The van der Waals surface area contributed by atoms with Crippen LogP contribution in [0.2, 0.25) is 5.02 Å². The van der Waals surface area contributed by atoms with Crippen molar-refractivity contribution in [1.29, 1.82) is 0 Å². The predicted molar refractivity (Wildman–Crippen MR) is 169 cm³/mol. The van der Waals surface area contributed by atoms with E-state index in [1.807, 2.05) is 6.07 Å². The summed E-state index contributed by atoms with van der Waals surface area (Å²) < 4.78 is 23.1. The molecule has 3 aromatic carbocycles. The number of benzene rings is 3. The number of hydrogen-bond donors (Lipinski definition) is 2. The van der Waals surface area contributed by atoms with Crippen LogP contribution in [0.4, 0.5) is 21.6 Å². The van der Waals surface area contributed by atoms with Crippen molar-refractivity contribution in [3.63, 3.8) is 0 Å². The van der Waals surface area contributed by atoms with Crippen molar-refractivity contribution in [3.8, 4) is 28.2 Å². The van der Waals surface area contributed by atoms with Gasteiger partial charge in [0, 0.05) is 47.7 Å². The monoisotopic (exact) mass is 613 g/mol. The second-order valence-corrected chi connectivity index (χ2v) is 10.8. The largest absolute Gasteiger partial charge is 0.382 e. The molecule has 0 bridgehead atoms. The molecule has 5 aromatic rings. The number of nitrogens with two attached hydrogens (primary N) is 1. The van der Waals surface area contributed by atoms with Gasteiger partial charge in [-0.3, -0.25) is 14.3 Å². The topological polar surface area (TPSA) is 120 Å². The van der Waals surface area contributed by atoms with E-state index in [-0.39, 0.29) is 17.2 Å². The van der Waals surface area contributed by atoms with E-state index in [4.69, 9.17) is 27.1 Å². The zero-order valence-corrected chi connectivity index (χ0v) is 24.8. The van der Waals surface area contributed by atoms with E-state index < -0.39 is 11.5 Å². The molecule has 0 radical (unpaired) electrons. The van der Waals surface area contributed by atoms with E-state index in [2.05, 4.69) is 15.2 Å². The molecule has 1 saturated heterocycles. The molecule has 1 aliphatic heterocycles. The lowest BCUT2D eigenvalue weighted by Gasteiger charge is -2.29. The summed E-state index contributed by atoms with van der Waals surface area (Å²) in [6.07, 6.45) is 1.52. The Hall–Kier alpha value is -5.00. The first-order valence-corrected chi connectivity index (χ1v) is 14.3. The van der Waals surface area contributed by atoms with Crippen LogP contribution in [0.25, 0.3) is 28.2 Å². The SMILES string of the molecule is Cc1c(C(=O)Nc2ccc(-c3nc(-c4cc(F)cc(N5CCOCC5)c4)cnc3N)cc2)c(=O)n(-c2cccc(Cl)c2)n1C. The summed E-state index contributed by atoms with van der Waals surface area (Å²) in [4.78, 5) is 37.6. The molecule has 6 rings (SSSR count). The minimum absolute atomic E-state index is 0.0194. The molecule has 1 amide bonds.